The Morgan fingerprint density at radius 1 is 0.844 bits per heavy atom. The van der Waals surface area contributed by atoms with E-state index in [0.717, 1.165) is 22.5 Å². The number of anilines is 1. The number of hydrogen-bond acceptors (Lipinski definition) is 4. The van der Waals surface area contributed by atoms with Gasteiger partial charge in [0, 0.05) is 11.6 Å². The average molecular weight is 420 g/mol. The molecule has 0 atom stereocenters. The van der Waals surface area contributed by atoms with E-state index >= 15 is 0 Å². The molecule has 0 radical (unpaired) electrons. The van der Waals surface area contributed by atoms with Gasteiger partial charge in [0.2, 0.25) is 0 Å². The van der Waals surface area contributed by atoms with E-state index in [1.807, 2.05) is 97.1 Å². The Kier molecular flexibility index (Phi) is 5.28. The molecule has 7 heteroatoms. The van der Waals surface area contributed by atoms with Crippen molar-refractivity contribution >= 4 is 11.7 Å². The summed E-state index contributed by atoms with van der Waals surface area (Å²) in [6.45, 7) is 0.543. The summed E-state index contributed by atoms with van der Waals surface area (Å²) in [5.74, 6) is 0.207. The van der Waals surface area contributed by atoms with E-state index in [9.17, 15) is 4.79 Å². The van der Waals surface area contributed by atoms with Gasteiger partial charge < -0.3 is 5.32 Å². The molecular formula is C25H20N6O. The Morgan fingerprint density at radius 3 is 2.22 bits per heavy atom. The lowest BCUT2D eigenvalue weighted by molar-refractivity contribution is 0.102. The van der Waals surface area contributed by atoms with E-state index in [4.69, 9.17) is 5.10 Å². The summed E-state index contributed by atoms with van der Waals surface area (Å²) in [6, 6.07) is 31.3. The highest BCUT2D eigenvalue weighted by Crippen LogP contribution is 2.25. The molecule has 0 aliphatic heterocycles. The zero-order valence-electron chi connectivity index (χ0n) is 17.2. The molecule has 0 saturated carbocycles. The molecule has 0 unspecified atom stereocenters. The van der Waals surface area contributed by atoms with E-state index in [2.05, 4.69) is 15.6 Å². The largest absolute Gasteiger partial charge is 0.305 e. The maximum Gasteiger partial charge on any atom is 0.278 e. The monoisotopic (exact) mass is 420 g/mol. The summed E-state index contributed by atoms with van der Waals surface area (Å²) in [5, 5.41) is 15.8. The number of benzene rings is 3. The highest BCUT2D eigenvalue weighted by molar-refractivity contribution is 6.02. The first-order valence-electron chi connectivity index (χ1n) is 10.2. The predicted molar refractivity (Wildman–Crippen MR) is 123 cm³/mol. The third kappa shape index (κ3) is 4.17. The van der Waals surface area contributed by atoms with Gasteiger partial charge in [-0.1, -0.05) is 84.1 Å². The molecule has 7 nitrogen and oxygen atoms in total. The Hall–Kier alpha value is -4.52. The molecule has 5 rings (SSSR count). The minimum atomic E-state index is -0.346. The first kappa shape index (κ1) is 19.4. The Balaban J connectivity index is 1.42. The van der Waals surface area contributed by atoms with Crippen molar-refractivity contribution in [2.24, 2.45) is 0 Å². The van der Waals surface area contributed by atoms with E-state index in [1.54, 1.807) is 15.6 Å². The lowest BCUT2D eigenvalue weighted by Gasteiger charge is -2.07. The van der Waals surface area contributed by atoms with Gasteiger partial charge in [-0.25, -0.2) is 9.36 Å². The van der Waals surface area contributed by atoms with Gasteiger partial charge in [-0.2, -0.15) is 5.10 Å². The lowest BCUT2D eigenvalue weighted by atomic mass is 10.1. The van der Waals surface area contributed by atoms with Crippen molar-refractivity contribution in [1.29, 1.82) is 0 Å². The maximum absolute atomic E-state index is 12.9. The molecule has 1 N–H and O–H groups in total. The standard InChI is InChI=1S/C25H20N6O/c32-25(23-18-30(29-27-23)17-19-10-4-1-5-11-19)26-24-16-22(20-12-6-2-7-13-20)28-31(24)21-14-8-3-9-15-21/h1-16,18H,17H2,(H,26,32). The van der Waals surface area contributed by atoms with E-state index in [1.165, 1.54) is 0 Å². The predicted octanol–water partition coefficient (Wildman–Crippen LogP) is 4.43. The Morgan fingerprint density at radius 2 is 1.50 bits per heavy atom. The van der Waals surface area contributed by atoms with Crippen LogP contribution < -0.4 is 5.32 Å². The third-order valence-corrected chi connectivity index (χ3v) is 4.98. The second-order valence-electron chi connectivity index (χ2n) is 7.27. The van der Waals surface area contributed by atoms with Gasteiger partial charge in [0.15, 0.2) is 5.69 Å². The van der Waals surface area contributed by atoms with E-state index < -0.39 is 0 Å². The number of rotatable bonds is 6. The van der Waals surface area contributed by atoms with Gasteiger partial charge in [0.1, 0.15) is 5.82 Å². The van der Waals surface area contributed by atoms with Crippen LogP contribution in [-0.2, 0) is 6.54 Å². The normalized spacial score (nSPS) is 10.8. The van der Waals surface area contributed by atoms with Crippen LogP contribution >= 0.6 is 0 Å². The van der Waals surface area contributed by atoms with Crippen LogP contribution in [0, 0.1) is 0 Å². The quantitative estimate of drug-likeness (QED) is 0.441. The van der Waals surface area contributed by atoms with Crippen LogP contribution in [0.4, 0.5) is 5.82 Å². The summed E-state index contributed by atoms with van der Waals surface area (Å²) in [5.41, 5.74) is 3.89. The second kappa shape index (κ2) is 8.69. The zero-order valence-corrected chi connectivity index (χ0v) is 17.2. The zero-order chi connectivity index (χ0) is 21.8. The van der Waals surface area contributed by atoms with E-state index in [0.29, 0.717) is 12.4 Å². The Labute approximate surface area is 185 Å². The summed E-state index contributed by atoms with van der Waals surface area (Å²) >= 11 is 0. The lowest BCUT2D eigenvalue weighted by Crippen LogP contribution is -2.15. The smallest absolute Gasteiger partial charge is 0.278 e. The van der Waals surface area contributed by atoms with Gasteiger partial charge in [0.25, 0.3) is 5.91 Å². The van der Waals surface area contributed by atoms with Gasteiger partial charge >= 0.3 is 0 Å². The van der Waals surface area contributed by atoms with Crippen molar-refractivity contribution < 1.29 is 4.79 Å². The molecule has 0 aliphatic rings. The van der Waals surface area contributed by atoms with Crippen LogP contribution in [0.15, 0.2) is 103 Å². The molecular weight excluding hydrogens is 400 g/mol. The van der Waals surface area contributed by atoms with Crippen LogP contribution in [-0.4, -0.2) is 30.7 Å². The molecule has 2 heterocycles. The number of carbonyl (C=O) groups excluding carboxylic acids is 1. The van der Waals surface area contributed by atoms with Gasteiger partial charge in [-0.3, -0.25) is 4.79 Å². The summed E-state index contributed by atoms with van der Waals surface area (Å²) in [4.78, 5) is 12.9. The molecule has 0 aliphatic carbocycles. The average Bonchev–Trinajstić information content (AvgIpc) is 3.48. The van der Waals surface area contributed by atoms with Crippen molar-refractivity contribution in [3.63, 3.8) is 0 Å². The fraction of sp³-hybridized carbons (Fsp3) is 0.0400. The number of aromatic nitrogens is 5. The van der Waals surface area contributed by atoms with E-state index in [-0.39, 0.29) is 11.6 Å². The van der Waals surface area contributed by atoms with Crippen molar-refractivity contribution in [1.82, 2.24) is 24.8 Å². The molecule has 32 heavy (non-hydrogen) atoms. The van der Waals surface area contributed by atoms with Gasteiger partial charge in [0.05, 0.1) is 24.1 Å². The molecule has 0 spiro atoms. The van der Waals surface area contributed by atoms with Crippen molar-refractivity contribution in [3.8, 4) is 16.9 Å². The molecule has 5 aromatic rings. The minimum Gasteiger partial charge on any atom is -0.305 e. The summed E-state index contributed by atoms with van der Waals surface area (Å²) < 4.78 is 3.36. The van der Waals surface area contributed by atoms with Gasteiger partial charge in [-0.15, -0.1) is 5.10 Å². The van der Waals surface area contributed by atoms with Crippen LogP contribution in [0.25, 0.3) is 16.9 Å². The summed E-state index contributed by atoms with van der Waals surface area (Å²) in [6.07, 6.45) is 1.64. The number of para-hydroxylation sites is 1. The number of carbonyl (C=O) groups is 1. The highest BCUT2D eigenvalue weighted by Gasteiger charge is 2.17. The van der Waals surface area contributed by atoms with Gasteiger partial charge in [-0.05, 0) is 17.7 Å². The number of hydrogen-bond donors (Lipinski definition) is 1. The highest BCUT2D eigenvalue weighted by atomic mass is 16.2. The molecule has 156 valence electrons. The Bertz CT molecular complexity index is 1330. The molecule has 0 saturated heterocycles. The fourth-order valence-corrected chi connectivity index (χ4v) is 3.42. The van der Waals surface area contributed by atoms with Crippen LogP contribution in [0.5, 0.6) is 0 Å². The minimum absolute atomic E-state index is 0.239. The topological polar surface area (TPSA) is 77.6 Å². The maximum atomic E-state index is 12.9. The number of amides is 1. The van der Waals surface area contributed by atoms with Crippen LogP contribution in [0.1, 0.15) is 16.1 Å². The number of nitrogens with one attached hydrogen (secondary N) is 1. The fourth-order valence-electron chi connectivity index (χ4n) is 3.42. The van der Waals surface area contributed by atoms with Crippen molar-refractivity contribution in [2.45, 2.75) is 6.54 Å². The SMILES string of the molecule is O=C(Nc1cc(-c2ccccc2)nn1-c1ccccc1)c1cn(Cc2ccccc2)nn1. The first-order valence-corrected chi connectivity index (χ1v) is 10.2. The van der Waals surface area contributed by atoms with Crippen LogP contribution in [0.3, 0.4) is 0 Å². The van der Waals surface area contributed by atoms with Crippen molar-refractivity contribution in [3.05, 3.63) is 115 Å². The molecule has 0 fully saturated rings. The molecule has 3 aromatic carbocycles. The second-order valence-corrected chi connectivity index (χ2v) is 7.27. The third-order valence-electron chi connectivity index (χ3n) is 4.98. The molecule has 1 amide bonds. The summed E-state index contributed by atoms with van der Waals surface area (Å²) in [7, 11) is 0. The van der Waals surface area contributed by atoms with Crippen LogP contribution in [0.2, 0.25) is 0 Å². The van der Waals surface area contributed by atoms with Crippen molar-refractivity contribution in [2.75, 3.05) is 5.32 Å². The first-order chi connectivity index (χ1) is 15.8. The molecule has 2 aromatic heterocycles. The molecule has 0 bridgehead atoms. The number of nitrogens with zero attached hydrogens (tertiary/aromatic N) is 5.